The van der Waals surface area contributed by atoms with Gasteiger partial charge in [0.25, 0.3) is 0 Å². The van der Waals surface area contributed by atoms with E-state index in [4.69, 9.17) is 11.6 Å². The standard InChI is InChI=1S/C16H15ClF2/c1-9-4-5-10(2)12(8-9)15(17)14-13(18)7-6-11(3)16(14)19/h4-8,15H,1-3H3. The number of rotatable bonds is 2. The van der Waals surface area contributed by atoms with Gasteiger partial charge in [0, 0.05) is 5.56 Å². The van der Waals surface area contributed by atoms with Gasteiger partial charge in [0.15, 0.2) is 0 Å². The fraction of sp³-hybridized carbons (Fsp3) is 0.250. The topological polar surface area (TPSA) is 0 Å². The third-order valence-electron chi connectivity index (χ3n) is 3.28. The molecule has 1 atom stereocenters. The fourth-order valence-corrected chi connectivity index (χ4v) is 2.53. The van der Waals surface area contributed by atoms with Gasteiger partial charge in [0.1, 0.15) is 11.6 Å². The Kier molecular flexibility index (Phi) is 3.91. The lowest BCUT2D eigenvalue weighted by atomic mass is 9.96. The normalized spacial score (nSPS) is 12.5. The predicted molar refractivity (Wildman–Crippen MR) is 74.7 cm³/mol. The summed E-state index contributed by atoms with van der Waals surface area (Å²) in [6.45, 7) is 5.41. The SMILES string of the molecule is Cc1ccc(C)c(C(Cl)c2c(F)ccc(C)c2F)c1. The van der Waals surface area contributed by atoms with Gasteiger partial charge in [-0.05, 0) is 43.5 Å². The largest absolute Gasteiger partial charge is 0.207 e. The Morgan fingerprint density at radius 3 is 2.26 bits per heavy atom. The molecule has 0 aromatic heterocycles. The molecule has 2 aromatic carbocycles. The first-order valence-corrected chi connectivity index (χ1v) is 6.51. The molecule has 100 valence electrons. The molecule has 0 heterocycles. The molecule has 0 radical (unpaired) electrons. The van der Waals surface area contributed by atoms with Crippen LogP contribution in [-0.4, -0.2) is 0 Å². The van der Waals surface area contributed by atoms with E-state index in [1.807, 2.05) is 32.0 Å². The maximum Gasteiger partial charge on any atom is 0.134 e. The van der Waals surface area contributed by atoms with Crippen molar-refractivity contribution in [3.05, 3.63) is 69.8 Å². The second-order valence-corrected chi connectivity index (χ2v) is 5.25. The first-order chi connectivity index (χ1) is 8.91. The first kappa shape index (κ1) is 14.0. The van der Waals surface area contributed by atoms with Crippen LogP contribution >= 0.6 is 11.6 Å². The van der Waals surface area contributed by atoms with Gasteiger partial charge in [-0.25, -0.2) is 8.78 Å². The summed E-state index contributed by atoms with van der Waals surface area (Å²) in [6.07, 6.45) is 0. The zero-order chi connectivity index (χ0) is 14.2. The van der Waals surface area contributed by atoms with E-state index in [0.717, 1.165) is 16.7 Å². The van der Waals surface area contributed by atoms with Gasteiger partial charge >= 0.3 is 0 Å². The van der Waals surface area contributed by atoms with Crippen LogP contribution in [0.15, 0.2) is 30.3 Å². The van der Waals surface area contributed by atoms with Crippen LogP contribution in [0.4, 0.5) is 8.78 Å². The van der Waals surface area contributed by atoms with Crippen molar-refractivity contribution in [3.8, 4) is 0 Å². The molecule has 0 aliphatic rings. The molecular weight excluding hydrogens is 266 g/mol. The number of benzene rings is 2. The van der Waals surface area contributed by atoms with E-state index in [-0.39, 0.29) is 5.56 Å². The van der Waals surface area contributed by atoms with Gasteiger partial charge in [0.2, 0.25) is 0 Å². The summed E-state index contributed by atoms with van der Waals surface area (Å²) in [6, 6.07) is 8.40. The Labute approximate surface area is 117 Å². The minimum Gasteiger partial charge on any atom is -0.207 e. The molecule has 2 rings (SSSR count). The molecule has 19 heavy (non-hydrogen) atoms. The number of hydrogen-bond donors (Lipinski definition) is 0. The lowest BCUT2D eigenvalue weighted by Gasteiger charge is -2.16. The lowest BCUT2D eigenvalue weighted by Crippen LogP contribution is -2.04. The summed E-state index contributed by atoms with van der Waals surface area (Å²) in [7, 11) is 0. The summed E-state index contributed by atoms with van der Waals surface area (Å²) >= 11 is 6.31. The fourth-order valence-electron chi connectivity index (χ4n) is 2.10. The van der Waals surface area contributed by atoms with Crippen LogP contribution in [0.25, 0.3) is 0 Å². The molecule has 1 unspecified atom stereocenters. The van der Waals surface area contributed by atoms with Crippen molar-refractivity contribution in [3.63, 3.8) is 0 Å². The van der Waals surface area contributed by atoms with Crippen molar-refractivity contribution in [1.29, 1.82) is 0 Å². The maximum atomic E-state index is 14.1. The Hall–Kier alpha value is -1.41. The molecule has 0 bridgehead atoms. The highest BCUT2D eigenvalue weighted by molar-refractivity contribution is 6.22. The van der Waals surface area contributed by atoms with Crippen molar-refractivity contribution < 1.29 is 8.78 Å². The van der Waals surface area contributed by atoms with E-state index in [1.165, 1.54) is 12.1 Å². The minimum atomic E-state index is -0.820. The van der Waals surface area contributed by atoms with Gasteiger partial charge in [-0.2, -0.15) is 0 Å². The molecule has 0 N–H and O–H groups in total. The van der Waals surface area contributed by atoms with E-state index in [1.54, 1.807) is 6.92 Å². The summed E-state index contributed by atoms with van der Waals surface area (Å²) in [5.74, 6) is -1.18. The maximum absolute atomic E-state index is 14.1. The van der Waals surface area contributed by atoms with Crippen molar-refractivity contribution in [2.75, 3.05) is 0 Å². The Balaban J connectivity index is 2.59. The summed E-state index contributed by atoms with van der Waals surface area (Å²) in [4.78, 5) is 0. The highest BCUT2D eigenvalue weighted by Crippen LogP contribution is 2.35. The monoisotopic (exact) mass is 280 g/mol. The number of halogens is 3. The Bertz CT molecular complexity index is 620. The number of aryl methyl sites for hydroxylation is 3. The third-order valence-corrected chi connectivity index (χ3v) is 3.73. The van der Waals surface area contributed by atoms with Gasteiger partial charge in [0.05, 0.1) is 5.38 Å². The van der Waals surface area contributed by atoms with Crippen molar-refractivity contribution in [2.24, 2.45) is 0 Å². The minimum absolute atomic E-state index is 0.0737. The summed E-state index contributed by atoms with van der Waals surface area (Å²) < 4.78 is 28.0. The van der Waals surface area contributed by atoms with Crippen LogP contribution in [0.2, 0.25) is 0 Å². The molecule has 0 saturated carbocycles. The molecule has 0 fully saturated rings. The van der Waals surface area contributed by atoms with Crippen LogP contribution in [0, 0.1) is 32.4 Å². The second-order valence-electron chi connectivity index (χ2n) is 4.81. The van der Waals surface area contributed by atoms with Gasteiger partial charge in [-0.3, -0.25) is 0 Å². The van der Waals surface area contributed by atoms with Gasteiger partial charge < -0.3 is 0 Å². The van der Waals surface area contributed by atoms with Crippen molar-refractivity contribution in [2.45, 2.75) is 26.1 Å². The zero-order valence-electron chi connectivity index (χ0n) is 11.1. The quantitative estimate of drug-likeness (QED) is 0.662. The molecule has 2 aromatic rings. The second kappa shape index (κ2) is 5.30. The summed E-state index contributed by atoms with van der Waals surface area (Å²) in [5.41, 5.74) is 3.00. The first-order valence-electron chi connectivity index (χ1n) is 6.07. The van der Waals surface area contributed by atoms with Gasteiger partial charge in [-0.15, -0.1) is 11.6 Å². The van der Waals surface area contributed by atoms with E-state index in [0.29, 0.717) is 5.56 Å². The van der Waals surface area contributed by atoms with Crippen LogP contribution in [-0.2, 0) is 0 Å². The van der Waals surface area contributed by atoms with E-state index < -0.39 is 17.0 Å². The van der Waals surface area contributed by atoms with Crippen LogP contribution in [0.5, 0.6) is 0 Å². The van der Waals surface area contributed by atoms with Gasteiger partial charge in [-0.1, -0.05) is 29.8 Å². The number of hydrogen-bond acceptors (Lipinski definition) is 0. The number of alkyl halides is 1. The van der Waals surface area contributed by atoms with E-state index in [9.17, 15) is 8.78 Å². The molecule has 0 spiro atoms. The molecule has 3 heteroatoms. The molecule has 0 amide bonds. The molecule has 0 aliphatic carbocycles. The lowest BCUT2D eigenvalue weighted by molar-refractivity contribution is 0.553. The van der Waals surface area contributed by atoms with Crippen LogP contribution in [0.1, 0.15) is 33.2 Å². The Morgan fingerprint density at radius 1 is 0.947 bits per heavy atom. The smallest absolute Gasteiger partial charge is 0.134 e. The Morgan fingerprint density at radius 2 is 1.58 bits per heavy atom. The molecule has 0 aliphatic heterocycles. The predicted octanol–water partition coefficient (Wildman–Crippen LogP) is 5.22. The third kappa shape index (κ3) is 2.64. The van der Waals surface area contributed by atoms with E-state index in [2.05, 4.69) is 0 Å². The van der Waals surface area contributed by atoms with Crippen LogP contribution in [0.3, 0.4) is 0 Å². The van der Waals surface area contributed by atoms with E-state index >= 15 is 0 Å². The summed E-state index contributed by atoms with van der Waals surface area (Å²) in [5, 5.41) is -0.820. The van der Waals surface area contributed by atoms with Crippen LogP contribution < -0.4 is 0 Å². The van der Waals surface area contributed by atoms with Crippen molar-refractivity contribution >= 4 is 11.6 Å². The molecule has 0 saturated heterocycles. The highest BCUT2D eigenvalue weighted by Gasteiger charge is 2.22. The molecular formula is C16H15ClF2. The highest BCUT2D eigenvalue weighted by atomic mass is 35.5. The van der Waals surface area contributed by atoms with Crippen molar-refractivity contribution in [1.82, 2.24) is 0 Å². The molecule has 0 nitrogen and oxygen atoms in total. The average molecular weight is 281 g/mol. The average Bonchev–Trinajstić information content (AvgIpc) is 2.37. The zero-order valence-corrected chi connectivity index (χ0v) is 11.9.